The molecular weight excluding hydrogens is 226 g/mol. The molecule has 16 heavy (non-hydrogen) atoms. The number of ether oxygens (including phenoxy) is 1. The largest absolute Gasteiger partial charge is 0.442 e. The molecule has 0 heterocycles. The van der Waals surface area contributed by atoms with Gasteiger partial charge < -0.3 is 20.0 Å². The van der Waals surface area contributed by atoms with Crippen LogP contribution in [0.15, 0.2) is 0 Å². The molecule has 0 fully saturated rings. The number of aliphatic hydroxyl groups is 1. The van der Waals surface area contributed by atoms with Crippen molar-refractivity contribution in [3.8, 4) is 0 Å². The van der Waals surface area contributed by atoms with E-state index in [4.69, 9.17) is 20.0 Å². The van der Waals surface area contributed by atoms with Crippen LogP contribution >= 0.6 is 0 Å². The molecule has 96 valence electrons. The van der Waals surface area contributed by atoms with Crippen LogP contribution in [0.5, 0.6) is 0 Å². The van der Waals surface area contributed by atoms with Gasteiger partial charge in [-0.15, -0.1) is 0 Å². The lowest BCUT2D eigenvalue weighted by Crippen LogP contribution is -2.44. The van der Waals surface area contributed by atoms with Gasteiger partial charge in [0.25, 0.3) is 0 Å². The van der Waals surface area contributed by atoms with Gasteiger partial charge in [0, 0.05) is 0 Å². The van der Waals surface area contributed by atoms with Gasteiger partial charge in [-0.3, -0.25) is 0 Å². The lowest BCUT2D eigenvalue weighted by Gasteiger charge is -2.36. The normalized spacial score (nSPS) is 14.6. The molecule has 0 bridgehead atoms. The summed E-state index contributed by atoms with van der Waals surface area (Å²) in [4.78, 5) is 10.5. The molecule has 0 aliphatic heterocycles. The van der Waals surface area contributed by atoms with E-state index in [-0.39, 0.29) is 18.3 Å². The average Bonchev–Trinajstić information content (AvgIpc) is 2.09. The van der Waals surface area contributed by atoms with E-state index in [0.717, 1.165) is 0 Å². The zero-order valence-corrected chi connectivity index (χ0v) is 11.7. The van der Waals surface area contributed by atoms with Crippen molar-refractivity contribution in [1.29, 1.82) is 0 Å². The fourth-order valence-corrected chi connectivity index (χ4v) is 1.84. The molecule has 6 heteroatoms. The zero-order chi connectivity index (χ0) is 13.0. The summed E-state index contributed by atoms with van der Waals surface area (Å²) < 4.78 is 10.5. The van der Waals surface area contributed by atoms with Crippen molar-refractivity contribution in [3.63, 3.8) is 0 Å². The molecule has 0 aliphatic carbocycles. The Bertz CT molecular complexity index is 237. The van der Waals surface area contributed by atoms with Crippen molar-refractivity contribution in [1.82, 2.24) is 0 Å². The summed E-state index contributed by atoms with van der Waals surface area (Å²) in [6.07, 6.45) is -1.57. The summed E-state index contributed by atoms with van der Waals surface area (Å²) in [5.74, 6) is 0. The predicted molar refractivity (Wildman–Crippen MR) is 64.7 cm³/mol. The minimum absolute atomic E-state index is 0.0831. The van der Waals surface area contributed by atoms with Gasteiger partial charge in [0.2, 0.25) is 0 Å². The van der Waals surface area contributed by atoms with Gasteiger partial charge in [-0.2, -0.15) is 0 Å². The molecule has 0 radical (unpaired) electrons. The van der Waals surface area contributed by atoms with Crippen molar-refractivity contribution in [2.24, 2.45) is 5.73 Å². The van der Waals surface area contributed by atoms with E-state index >= 15 is 0 Å². The fourth-order valence-electron chi connectivity index (χ4n) is 0.806. The Kier molecular flexibility index (Phi) is 5.44. The molecule has 0 aromatic heterocycles. The van der Waals surface area contributed by atoms with Gasteiger partial charge in [0.1, 0.15) is 6.10 Å². The van der Waals surface area contributed by atoms with Crippen LogP contribution in [-0.4, -0.2) is 38.8 Å². The maximum Gasteiger partial charge on any atom is 0.404 e. The lowest BCUT2D eigenvalue weighted by atomic mass is 10.2. The quantitative estimate of drug-likeness (QED) is 0.723. The van der Waals surface area contributed by atoms with E-state index in [2.05, 4.69) is 33.9 Å². The standard InChI is InChI=1S/C10H23NO4Si/c1-10(2,3)16(4,5)14-7-8(6-12)15-9(11)13/h8,12H,6-7H2,1-5H3,(H2,11,13)/t8-/m1/s1. The second kappa shape index (κ2) is 5.65. The molecule has 1 atom stereocenters. The Balaban J connectivity index is 4.26. The molecule has 0 saturated carbocycles. The van der Waals surface area contributed by atoms with Gasteiger partial charge in [0.15, 0.2) is 8.32 Å². The zero-order valence-electron chi connectivity index (χ0n) is 10.7. The van der Waals surface area contributed by atoms with Crippen LogP contribution < -0.4 is 5.73 Å². The van der Waals surface area contributed by atoms with Crippen molar-refractivity contribution >= 4 is 14.4 Å². The summed E-state index contributed by atoms with van der Waals surface area (Å²) in [5.41, 5.74) is 4.88. The molecule has 0 unspecified atom stereocenters. The number of aliphatic hydroxyl groups excluding tert-OH is 1. The minimum Gasteiger partial charge on any atom is -0.442 e. The Morgan fingerprint density at radius 3 is 2.25 bits per heavy atom. The summed E-state index contributed by atoms with van der Waals surface area (Å²) >= 11 is 0. The van der Waals surface area contributed by atoms with Crippen molar-refractivity contribution in [3.05, 3.63) is 0 Å². The number of primary amides is 1. The molecule has 0 spiro atoms. The van der Waals surface area contributed by atoms with Crippen molar-refractivity contribution < 1.29 is 19.1 Å². The first-order chi connectivity index (χ1) is 7.10. The average molecular weight is 249 g/mol. The van der Waals surface area contributed by atoms with Crippen LogP contribution in [0.25, 0.3) is 0 Å². The van der Waals surface area contributed by atoms with Gasteiger partial charge in [0.05, 0.1) is 13.2 Å². The molecule has 0 aliphatic rings. The number of amides is 1. The molecular formula is C10H23NO4Si. The third kappa shape index (κ3) is 4.96. The van der Waals surface area contributed by atoms with E-state index < -0.39 is 20.5 Å². The minimum atomic E-state index is -1.88. The second-order valence-electron chi connectivity index (χ2n) is 5.31. The highest BCUT2D eigenvalue weighted by Crippen LogP contribution is 2.36. The number of hydrogen-bond acceptors (Lipinski definition) is 4. The fraction of sp³-hybridized carbons (Fsp3) is 0.900. The van der Waals surface area contributed by atoms with E-state index in [0.29, 0.717) is 0 Å². The van der Waals surface area contributed by atoms with Gasteiger partial charge in [-0.25, -0.2) is 4.79 Å². The first kappa shape index (κ1) is 15.4. The van der Waals surface area contributed by atoms with Crippen LogP contribution in [0, 0.1) is 0 Å². The number of carbonyl (C=O) groups is 1. The predicted octanol–water partition coefficient (Wildman–Crippen LogP) is 1.46. The Morgan fingerprint density at radius 2 is 1.94 bits per heavy atom. The van der Waals surface area contributed by atoms with Crippen LogP contribution in [-0.2, 0) is 9.16 Å². The van der Waals surface area contributed by atoms with Gasteiger partial charge in [-0.1, -0.05) is 20.8 Å². The van der Waals surface area contributed by atoms with Gasteiger partial charge >= 0.3 is 6.09 Å². The highest BCUT2D eigenvalue weighted by Gasteiger charge is 2.37. The second-order valence-corrected chi connectivity index (χ2v) is 10.1. The maximum atomic E-state index is 10.5. The number of carbonyl (C=O) groups excluding carboxylic acids is 1. The molecule has 0 saturated heterocycles. The number of hydrogen-bond donors (Lipinski definition) is 2. The first-order valence-electron chi connectivity index (χ1n) is 5.31. The van der Waals surface area contributed by atoms with Crippen LogP contribution in [0.4, 0.5) is 4.79 Å². The highest BCUT2D eigenvalue weighted by molar-refractivity contribution is 6.74. The third-order valence-electron chi connectivity index (χ3n) is 2.92. The van der Waals surface area contributed by atoms with E-state index in [1.165, 1.54) is 0 Å². The van der Waals surface area contributed by atoms with Gasteiger partial charge in [-0.05, 0) is 18.1 Å². The monoisotopic (exact) mass is 249 g/mol. The lowest BCUT2D eigenvalue weighted by molar-refractivity contribution is 0.0299. The topological polar surface area (TPSA) is 81.8 Å². The van der Waals surface area contributed by atoms with Crippen LogP contribution in [0.2, 0.25) is 18.1 Å². The number of rotatable bonds is 5. The molecule has 3 N–H and O–H groups in total. The SMILES string of the molecule is CC(C)(C)[Si](C)(C)OC[C@@H](CO)OC(N)=O. The molecule has 0 aromatic carbocycles. The first-order valence-corrected chi connectivity index (χ1v) is 8.22. The molecule has 0 aromatic rings. The highest BCUT2D eigenvalue weighted by atomic mass is 28.4. The summed E-state index contributed by atoms with van der Waals surface area (Å²) in [6, 6.07) is 0. The maximum absolute atomic E-state index is 10.5. The molecule has 1 amide bonds. The summed E-state index contributed by atoms with van der Waals surface area (Å²) in [5, 5.41) is 9.06. The Labute approximate surface area is 98.1 Å². The van der Waals surface area contributed by atoms with Crippen molar-refractivity contribution in [2.75, 3.05) is 13.2 Å². The summed E-state index contributed by atoms with van der Waals surface area (Å²) in [6.45, 7) is 10.4. The Hall–Kier alpha value is -0.593. The molecule has 5 nitrogen and oxygen atoms in total. The van der Waals surface area contributed by atoms with E-state index in [1.807, 2.05) is 0 Å². The van der Waals surface area contributed by atoms with E-state index in [9.17, 15) is 4.79 Å². The van der Waals surface area contributed by atoms with E-state index in [1.54, 1.807) is 0 Å². The third-order valence-corrected chi connectivity index (χ3v) is 7.42. The smallest absolute Gasteiger partial charge is 0.404 e. The van der Waals surface area contributed by atoms with Crippen LogP contribution in [0.1, 0.15) is 20.8 Å². The molecule has 0 rings (SSSR count). The van der Waals surface area contributed by atoms with Crippen LogP contribution in [0.3, 0.4) is 0 Å². The van der Waals surface area contributed by atoms with Crippen molar-refractivity contribution in [2.45, 2.75) is 45.0 Å². The summed E-state index contributed by atoms with van der Waals surface area (Å²) in [7, 11) is -1.88. The Morgan fingerprint density at radius 1 is 1.44 bits per heavy atom. The number of nitrogens with two attached hydrogens (primary N) is 1.